The molecule has 10 nitrogen and oxygen atoms in total. The predicted octanol–water partition coefficient (Wildman–Crippen LogP) is 2.32. The molecule has 0 aromatic heterocycles. The predicted molar refractivity (Wildman–Crippen MR) is 104 cm³/mol. The van der Waals surface area contributed by atoms with E-state index in [4.69, 9.17) is 14.6 Å². The van der Waals surface area contributed by atoms with Crippen LogP contribution in [0.4, 0.5) is 9.59 Å². The van der Waals surface area contributed by atoms with Gasteiger partial charge in [-0.25, -0.2) is 19.5 Å². The zero-order chi connectivity index (χ0) is 22.3. The van der Waals surface area contributed by atoms with Crippen LogP contribution in [0.1, 0.15) is 40.5 Å². The monoisotopic (exact) mass is 417 g/mol. The summed E-state index contributed by atoms with van der Waals surface area (Å²) in [5, 5.41) is 24.2. The van der Waals surface area contributed by atoms with Gasteiger partial charge < -0.3 is 30.0 Å². The van der Waals surface area contributed by atoms with Gasteiger partial charge in [0.15, 0.2) is 0 Å². The number of aliphatic carboxylic acids is 1. The second kappa shape index (κ2) is 14.5. The summed E-state index contributed by atoms with van der Waals surface area (Å²) in [6.07, 6.45) is 1.49. The molecule has 10 heteroatoms. The molecule has 3 N–H and O–H groups in total. The van der Waals surface area contributed by atoms with Crippen molar-refractivity contribution in [3.8, 4) is 0 Å². The Kier molecular flexibility index (Phi) is 13.3. The summed E-state index contributed by atoms with van der Waals surface area (Å²) >= 11 is 0. The molecule has 2 amide bonds. The van der Waals surface area contributed by atoms with Gasteiger partial charge in [0.1, 0.15) is 26.4 Å². The van der Waals surface area contributed by atoms with E-state index in [9.17, 15) is 19.5 Å². The van der Waals surface area contributed by atoms with Crippen LogP contribution in [0.2, 0.25) is 0 Å². The summed E-state index contributed by atoms with van der Waals surface area (Å²) < 4.78 is 14.6. The van der Waals surface area contributed by atoms with Gasteiger partial charge >= 0.3 is 18.2 Å². The molecule has 0 spiro atoms. The molecular formula is C19H33N2O8. The topological polar surface area (TPSA) is 143 Å². The van der Waals surface area contributed by atoms with Crippen LogP contribution in [0.3, 0.4) is 0 Å². The summed E-state index contributed by atoms with van der Waals surface area (Å²) in [4.78, 5) is 33.6. The minimum atomic E-state index is -1.07. The average Bonchev–Trinajstić information content (AvgIpc) is 2.63. The number of carboxylic acids is 1. The Hall–Kier alpha value is -2.49. The fraction of sp³-hybridized carbons (Fsp3) is 0.737. The van der Waals surface area contributed by atoms with Crippen molar-refractivity contribution in [3.05, 3.63) is 11.8 Å². The van der Waals surface area contributed by atoms with Crippen LogP contribution in [0.5, 0.6) is 0 Å². The maximum atomic E-state index is 11.7. The number of nitrogens with one attached hydrogen (secondary N) is 2. The van der Waals surface area contributed by atoms with Gasteiger partial charge in [-0.2, -0.15) is 0 Å². The normalized spacial score (nSPS) is 12.7. The Labute approximate surface area is 171 Å². The molecule has 0 bridgehead atoms. The van der Waals surface area contributed by atoms with Crippen LogP contribution in [-0.2, 0) is 24.1 Å². The van der Waals surface area contributed by atoms with Crippen molar-refractivity contribution in [2.75, 3.05) is 39.5 Å². The first-order chi connectivity index (χ1) is 13.6. The summed E-state index contributed by atoms with van der Waals surface area (Å²) in [6, 6.07) is 0. The van der Waals surface area contributed by atoms with E-state index in [0.29, 0.717) is 19.0 Å². The van der Waals surface area contributed by atoms with E-state index in [1.165, 1.54) is 6.92 Å². The van der Waals surface area contributed by atoms with E-state index < -0.39 is 24.8 Å². The van der Waals surface area contributed by atoms with Crippen LogP contribution in [0.25, 0.3) is 0 Å². The van der Waals surface area contributed by atoms with Crippen molar-refractivity contribution in [3.63, 3.8) is 0 Å². The number of carbonyl (C=O) groups is 3. The number of alkyl carbamates (subject to hydrolysis) is 2. The third-order valence-corrected chi connectivity index (χ3v) is 3.87. The van der Waals surface area contributed by atoms with Gasteiger partial charge in [0.25, 0.3) is 0 Å². The van der Waals surface area contributed by atoms with Gasteiger partial charge in [0.05, 0.1) is 11.8 Å². The SMILES string of the molecule is CC(=COCCOC(=O)NCC(C)(C)CC(C)CCNC(=O)OCC[O])C(=O)O. The maximum absolute atomic E-state index is 11.7. The summed E-state index contributed by atoms with van der Waals surface area (Å²) in [6.45, 7) is 7.80. The van der Waals surface area contributed by atoms with Crippen LogP contribution in [0.15, 0.2) is 11.8 Å². The lowest BCUT2D eigenvalue weighted by molar-refractivity contribution is -0.132. The van der Waals surface area contributed by atoms with Crippen LogP contribution in [0, 0.1) is 11.3 Å². The van der Waals surface area contributed by atoms with Crippen LogP contribution in [-0.4, -0.2) is 62.8 Å². The number of hydrogen-bond donors (Lipinski definition) is 3. The summed E-state index contributed by atoms with van der Waals surface area (Å²) in [5.41, 5.74) is -0.126. The van der Waals surface area contributed by atoms with Gasteiger partial charge in [-0.05, 0) is 31.1 Å². The summed E-state index contributed by atoms with van der Waals surface area (Å²) in [7, 11) is 0. The first-order valence-electron chi connectivity index (χ1n) is 9.48. The number of carbonyl (C=O) groups excluding carboxylic acids is 2. The molecule has 0 aromatic rings. The van der Waals surface area contributed by atoms with Gasteiger partial charge in [-0.1, -0.05) is 20.8 Å². The molecule has 0 rings (SSSR count). The van der Waals surface area contributed by atoms with Crippen molar-refractivity contribution < 1.29 is 38.8 Å². The van der Waals surface area contributed by atoms with Crippen LogP contribution >= 0.6 is 0 Å². The molecule has 1 radical (unpaired) electrons. The minimum absolute atomic E-state index is 0.000175. The third kappa shape index (κ3) is 15.1. The Bertz CT molecular complexity index is 548. The quantitative estimate of drug-likeness (QED) is 0.223. The molecule has 0 heterocycles. The largest absolute Gasteiger partial charge is 0.497 e. The number of amides is 2. The van der Waals surface area contributed by atoms with Crippen molar-refractivity contribution in [1.82, 2.24) is 10.6 Å². The number of carboxylic acid groups (broad SMARTS) is 1. The molecule has 0 aliphatic heterocycles. The highest BCUT2D eigenvalue weighted by atomic mass is 16.6. The first-order valence-corrected chi connectivity index (χ1v) is 9.48. The lowest BCUT2D eigenvalue weighted by atomic mass is 9.82. The molecule has 167 valence electrons. The molecule has 29 heavy (non-hydrogen) atoms. The Morgan fingerprint density at radius 3 is 2.31 bits per heavy atom. The van der Waals surface area contributed by atoms with E-state index in [1.54, 1.807) is 0 Å². The van der Waals surface area contributed by atoms with E-state index in [1.807, 2.05) is 13.8 Å². The second-order valence-corrected chi connectivity index (χ2v) is 7.50. The van der Waals surface area contributed by atoms with Crippen molar-refractivity contribution >= 4 is 18.2 Å². The molecule has 0 aliphatic rings. The Balaban J connectivity index is 3.97. The van der Waals surface area contributed by atoms with Gasteiger partial charge in [-0.3, -0.25) is 0 Å². The molecular weight excluding hydrogens is 384 g/mol. The molecule has 1 unspecified atom stereocenters. The molecule has 1 atom stereocenters. The highest BCUT2D eigenvalue weighted by Gasteiger charge is 2.22. The number of rotatable bonds is 14. The maximum Gasteiger partial charge on any atom is 0.407 e. The molecule has 0 saturated carbocycles. The highest BCUT2D eigenvalue weighted by Crippen LogP contribution is 2.26. The molecule has 0 fully saturated rings. The van der Waals surface area contributed by atoms with Gasteiger partial charge in [-0.15, -0.1) is 0 Å². The zero-order valence-electron chi connectivity index (χ0n) is 17.6. The summed E-state index contributed by atoms with van der Waals surface area (Å²) in [5.74, 6) is -0.782. The fourth-order valence-corrected chi connectivity index (χ4v) is 2.50. The third-order valence-electron chi connectivity index (χ3n) is 3.87. The minimum Gasteiger partial charge on any atom is -0.497 e. The lowest BCUT2D eigenvalue weighted by Crippen LogP contribution is -2.36. The van der Waals surface area contributed by atoms with Gasteiger partial charge in [0.2, 0.25) is 0 Å². The number of hydrogen-bond acceptors (Lipinski definition) is 6. The average molecular weight is 417 g/mol. The smallest absolute Gasteiger partial charge is 0.407 e. The van der Waals surface area contributed by atoms with Crippen molar-refractivity contribution in [1.29, 1.82) is 0 Å². The van der Waals surface area contributed by atoms with E-state index >= 15 is 0 Å². The highest BCUT2D eigenvalue weighted by molar-refractivity contribution is 5.85. The van der Waals surface area contributed by atoms with Crippen molar-refractivity contribution in [2.24, 2.45) is 11.3 Å². The van der Waals surface area contributed by atoms with E-state index in [0.717, 1.165) is 19.1 Å². The molecule has 0 aliphatic carbocycles. The van der Waals surface area contributed by atoms with Crippen molar-refractivity contribution in [2.45, 2.75) is 40.5 Å². The molecule has 0 saturated heterocycles. The lowest BCUT2D eigenvalue weighted by Gasteiger charge is -2.28. The fourth-order valence-electron chi connectivity index (χ4n) is 2.50. The molecule has 0 aromatic carbocycles. The van der Waals surface area contributed by atoms with E-state index in [2.05, 4.69) is 22.3 Å². The zero-order valence-corrected chi connectivity index (χ0v) is 17.6. The first kappa shape index (κ1) is 26.5. The number of ether oxygens (including phenoxy) is 3. The Morgan fingerprint density at radius 2 is 1.69 bits per heavy atom. The standard InChI is InChI=1S/C19H33N2O8/c1-14(5-6-20-17(25)28-8-7-22)11-19(3,4)13-21-18(26)29-10-9-27-12-15(2)16(23)24/h12,14H,5-11,13H2,1-4H3,(H,20,25)(H,21,26)(H,23,24). The Morgan fingerprint density at radius 1 is 1.07 bits per heavy atom. The van der Waals surface area contributed by atoms with Gasteiger partial charge in [0, 0.05) is 13.1 Å². The van der Waals surface area contributed by atoms with E-state index in [-0.39, 0.29) is 30.8 Å². The van der Waals surface area contributed by atoms with Crippen LogP contribution < -0.4 is 10.6 Å². The second-order valence-electron chi connectivity index (χ2n) is 7.50.